The van der Waals surface area contributed by atoms with Gasteiger partial charge in [-0.05, 0) is 23.4 Å². The number of unbranched alkanes of at least 4 members (excludes halogenated alkanes) is 1. The molecule has 4 aromatic rings. The van der Waals surface area contributed by atoms with E-state index in [-0.39, 0.29) is 23.7 Å². The minimum Gasteiger partial charge on any atom is -0.383 e. The number of carbonyl (C=O) groups excluding carboxylic acids is 1. The molecule has 0 radical (unpaired) electrons. The van der Waals surface area contributed by atoms with E-state index in [2.05, 4.69) is 9.97 Å². The fraction of sp³-hybridized carbons (Fsp3) is 0.217. The van der Waals surface area contributed by atoms with Gasteiger partial charge >= 0.3 is 5.69 Å². The average molecular weight is 482 g/mol. The number of amides is 1. The Labute approximate surface area is 198 Å². The number of anilines is 2. The predicted octanol–water partition coefficient (Wildman–Crippen LogP) is 3.95. The van der Waals surface area contributed by atoms with Crippen LogP contribution in [-0.2, 0) is 13.1 Å². The van der Waals surface area contributed by atoms with E-state index in [1.54, 1.807) is 16.7 Å². The zero-order valence-corrected chi connectivity index (χ0v) is 19.6. The Morgan fingerprint density at radius 1 is 1.18 bits per heavy atom. The molecule has 3 N–H and O–H groups in total. The molecule has 0 unspecified atom stereocenters. The van der Waals surface area contributed by atoms with Crippen LogP contribution in [0.2, 0.25) is 0 Å². The number of thiophene rings is 1. The molecule has 33 heavy (non-hydrogen) atoms. The van der Waals surface area contributed by atoms with Crippen molar-refractivity contribution in [1.29, 1.82) is 0 Å². The molecule has 0 fully saturated rings. The average Bonchev–Trinajstić information content (AvgIpc) is 3.50. The molecule has 0 aliphatic rings. The van der Waals surface area contributed by atoms with Crippen LogP contribution in [0.5, 0.6) is 0 Å². The van der Waals surface area contributed by atoms with Crippen molar-refractivity contribution in [2.75, 3.05) is 10.6 Å². The van der Waals surface area contributed by atoms with Crippen LogP contribution in [0.25, 0.3) is 10.6 Å². The third-order valence-electron chi connectivity index (χ3n) is 5.14. The Bertz CT molecular complexity index is 1360. The van der Waals surface area contributed by atoms with E-state index in [0.717, 1.165) is 17.5 Å². The number of nitrogens with one attached hydrogen (secondary N) is 1. The first-order chi connectivity index (χ1) is 16.0. The smallest absolute Gasteiger partial charge is 0.330 e. The summed E-state index contributed by atoms with van der Waals surface area (Å²) in [5, 5.41) is 6.29. The second-order valence-corrected chi connectivity index (χ2v) is 9.06. The summed E-state index contributed by atoms with van der Waals surface area (Å²) >= 11 is 2.90. The van der Waals surface area contributed by atoms with E-state index in [1.165, 1.54) is 20.8 Å². The van der Waals surface area contributed by atoms with Crippen LogP contribution < -0.4 is 21.9 Å². The summed E-state index contributed by atoms with van der Waals surface area (Å²) in [7, 11) is 0. The highest BCUT2D eigenvalue weighted by atomic mass is 32.1. The van der Waals surface area contributed by atoms with Crippen molar-refractivity contribution in [3.05, 3.63) is 84.6 Å². The Hall–Kier alpha value is -3.50. The van der Waals surface area contributed by atoms with E-state index in [4.69, 9.17) is 5.73 Å². The molecule has 8 nitrogen and oxygen atoms in total. The lowest BCUT2D eigenvalue weighted by Gasteiger charge is -2.24. The number of carbonyl (C=O) groups is 1. The lowest BCUT2D eigenvalue weighted by atomic mass is 10.2. The monoisotopic (exact) mass is 481 g/mol. The fourth-order valence-corrected chi connectivity index (χ4v) is 4.93. The minimum atomic E-state index is -0.706. The predicted molar refractivity (Wildman–Crippen MR) is 133 cm³/mol. The van der Waals surface area contributed by atoms with Crippen LogP contribution in [0.4, 0.5) is 11.5 Å². The Morgan fingerprint density at radius 2 is 1.97 bits per heavy atom. The number of hydrogen-bond donors (Lipinski definition) is 2. The third kappa shape index (κ3) is 4.81. The number of nitrogen functional groups attached to an aromatic ring is 1. The van der Waals surface area contributed by atoms with Gasteiger partial charge in [0.1, 0.15) is 16.5 Å². The molecule has 1 amide bonds. The van der Waals surface area contributed by atoms with Crippen molar-refractivity contribution in [2.24, 2.45) is 0 Å². The topological polar surface area (TPSA) is 114 Å². The molecule has 1 aromatic carbocycles. The number of aromatic nitrogens is 3. The molecule has 3 aromatic heterocycles. The van der Waals surface area contributed by atoms with Crippen LogP contribution >= 0.6 is 22.7 Å². The van der Waals surface area contributed by atoms with Crippen molar-refractivity contribution in [1.82, 2.24) is 14.5 Å². The second-order valence-electron chi connectivity index (χ2n) is 7.43. The van der Waals surface area contributed by atoms with Gasteiger partial charge < -0.3 is 5.73 Å². The molecule has 0 atom stereocenters. The molecule has 10 heteroatoms. The molecule has 0 spiro atoms. The lowest BCUT2D eigenvalue weighted by Crippen LogP contribution is -2.41. The van der Waals surface area contributed by atoms with Crippen molar-refractivity contribution in [3.8, 4) is 10.6 Å². The maximum Gasteiger partial charge on any atom is 0.330 e. The summed E-state index contributed by atoms with van der Waals surface area (Å²) in [5.41, 5.74) is 6.92. The number of thiazole rings is 1. The van der Waals surface area contributed by atoms with Gasteiger partial charge in [-0.2, -0.15) is 11.3 Å². The largest absolute Gasteiger partial charge is 0.383 e. The number of hydrogen-bond acceptors (Lipinski definition) is 7. The zero-order chi connectivity index (χ0) is 23.4. The molecular weight excluding hydrogens is 458 g/mol. The number of H-pyrrole nitrogens is 1. The van der Waals surface area contributed by atoms with Gasteiger partial charge in [-0.3, -0.25) is 24.0 Å². The van der Waals surface area contributed by atoms with E-state index >= 15 is 0 Å². The van der Waals surface area contributed by atoms with Crippen LogP contribution in [0.15, 0.2) is 62.1 Å². The summed E-state index contributed by atoms with van der Waals surface area (Å²) in [5.74, 6) is -0.496. The number of nitrogens with two attached hydrogens (primary N) is 1. The van der Waals surface area contributed by atoms with Gasteiger partial charge in [0.05, 0.1) is 6.54 Å². The summed E-state index contributed by atoms with van der Waals surface area (Å²) in [6, 6.07) is 11.2. The van der Waals surface area contributed by atoms with Gasteiger partial charge in [0.15, 0.2) is 5.69 Å². The summed E-state index contributed by atoms with van der Waals surface area (Å²) in [4.78, 5) is 47.0. The van der Waals surface area contributed by atoms with Gasteiger partial charge in [-0.15, -0.1) is 11.3 Å². The van der Waals surface area contributed by atoms with Crippen molar-refractivity contribution < 1.29 is 4.79 Å². The van der Waals surface area contributed by atoms with E-state index in [9.17, 15) is 14.4 Å². The minimum absolute atomic E-state index is 0.0326. The molecule has 0 bridgehead atoms. The van der Waals surface area contributed by atoms with E-state index in [1.807, 2.05) is 54.1 Å². The highest BCUT2D eigenvalue weighted by molar-refractivity contribution is 7.14. The highest BCUT2D eigenvalue weighted by Crippen LogP contribution is 2.28. The van der Waals surface area contributed by atoms with E-state index in [0.29, 0.717) is 18.0 Å². The van der Waals surface area contributed by atoms with Gasteiger partial charge in [0.2, 0.25) is 0 Å². The molecule has 3 heterocycles. The molecule has 170 valence electrons. The maximum atomic E-state index is 13.6. The normalized spacial score (nSPS) is 10.9. The first kappa shape index (κ1) is 22.7. The lowest BCUT2D eigenvalue weighted by molar-refractivity contribution is 0.0980. The third-order valence-corrected chi connectivity index (χ3v) is 6.71. The van der Waals surface area contributed by atoms with Crippen LogP contribution in [-0.4, -0.2) is 20.4 Å². The summed E-state index contributed by atoms with van der Waals surface area (Å²) < 4.78 is 1.31. The highest BCUT2D eigenvalue weighted by Gasteiger charge is 2.27. The first-order valence-electron chi connectivity index (χ1n) is 10.5. The molecule has 0 aliphatic carbocycles. The standard InChI is InChI=1S/C23H23N5O3S2/c1-2-3-10-27-19(24)18(20(29)26-23(27)31)28(12-15-7-5-4-6-8-15)22(30)17-14-33-21(25-17)16-9-11-32-13-16/h4-9,11,13-14H,2-3,10,12,24H2,1H3,(H,26,29,31). The van der Waals surface area contributed by atoms with Gasteiger partial charge in [0.25, 0.3) is 11.5 Å². The molecule has 0 saturated carbocycles. The van der Waals surface area contributed by atoms with E-state index < -0.39 is 17.2 Å². The fourth-order valence-electron chi connectivity index (χ4n) is 3.42. The van der Waals surface area contributed by atoms with Crippen molar-refractivity contribution >= 4 is 40.1 Å². The van der Waals surface area contributed by atoms with Gasteiger partial charge in [0, 0.05) is 22.9 Å². The van der Waals surface area contributed by atoms with Crippen LogP contribution in [0.1, 0.15) is 35.8 Å². The number of nitrogens with zero attached hydrogens (tertiary/aromatic N) is 3. The number of rotatable bonds is 8. The maximum absolute atomic E-state index is 13.6. The quantitative estimate of drug-likeness (QED) is 0.395. The molecule has 0 saturated heterocycles. The number of benzene rings is 1. The van der Waals surface area contributed by atoms with Crippen LogP contribution in [0, 0.1) is 0 Å². The molecular formula is C23H23N5O3S2. The van der Waals surface area contributed by atoms with Gasteiger partial charge in [-0.1, -0.05) is 43.7 Å². The van der Waals surface area contributed by atoms with Crippen LogP contribution in [0.3, 0.4) is 0 Å². The Balaban J connectivity index is 1.80. The second kappa shape index (κ2) is 9.97. The van der Waals surface area contributed by atoms with Crippen molar-refractivity contribution in [2.45, 2.75) is 32.9 Å². The summed E-state index contributed by atoms with van der Waals surface area (Å²) in [6.07, 6.45) is 1.55. The first-order valence-corrected chi connectivity index (χ1v) is 12.3. The number of aromatic amines is 1. The van der Waals surface area contributed by atoms with Gasteiger partial charge in [-0.25, -0.2) is 9.78 Å². The summed E-state index contributed by atoms with van der Waals surface area (Å²) in [6.45, 7) is 2.44. The molecule has 4 rings (SSSR count). The molecule has 0 aliphatic heterocycles. The zero-order valence-electron chi connectivity index (χ0n) is 18.0. The Kier molecular flexibility index (Phi) is 6.85. The van der Waals surface area contributed by atoms with Crippen molar-refractivity contribution in [3.63, 3.8) is 0 Å². The SMILES string of the molecule is CCCCn1c(N)c(N(Cc2ccccc2)C(=O)c2csc(-c3ccsc3)n2)c(=O)[nH]c1=O. The Morgan fingerprint density at radius 3 is 2.67 bits per heavy atom.